The summed E-state index contributed by atoms with van der Waals surface area (Å²) < 4.78 is 42.4. The second-order valence-corrected chi connectivity index (χ2v) is 5.39. The molecule has 0 aliphatic heterocycles. The predicted molar refractivity (Wildman–Crippen MR) is 81.6 cm³/mol. The maximum atomic E-state index is 12.7. The van der Waals surface area contributed by atoms with Crippen molar-refractivity contribution in [2.24, 2.45) is 11.7 Å². The van der Waals surface area contributed by atoms with Crippen LogP contribution in [-0.4, -0.2) is 12.3 Å². The molecule has 126 valence electrons. The zero-order chi connectivity index (χ0) is 17.6. The quantitative estimate of drug-likeness (QED) is 0.817. The molecule has 1 amide bonds. The van der Waals surface area contributed by atoms with Crippen LogP contribution in [0.2, 0.25) is 0 Å². The van der Waals surface area contributed by atoms with Crippen LogP contribution in [0.25, 0.3) is 0 Å². The van der Waals surface area contributed by atoms with Crippen molar-refractivity contribution in [3.05, 3.63) is 34.9 Å². The minimum Gasteiger partial charge on any atom is -0.432 e. The van der Waals surface area contributed by atoms with Gasteiger partial charge in [0.05, 0.1) is 0 Å². The topological polar surface area (TPSA) is 52.3 Å². The van der Waals surface area contributed by atoms with Crippen LogP contribution in [0.1, 0.15) is 42.6 Å². The second-order valence-electron chi connectivity index (χ2n) is 5.39. The van der Waals surface area contributed by atoms with Gasteiger partial charge in [0.15, 0.2) is 0 Å². The standard InChI is InChI=1S/C11H12F3NO2.C6H8/c1-6-3-4-7(2)8(5-6)9(11(12,13)14)17-10(15)16;1-2-3-6-4-5-6/h3-5,9H,1-2H3,(H2,15,16);6H,4-5H2,1H3/t9-;/m0./s1. The molecule has 2 rings (SSSR count). The lowest BCUT2D eigenvalue weighted by Crippen LogP contribution is -2.29. The third-order valence-corrected chi connectivity index (χ3v) is 3.17. The van der Waals surface area contributed by atoms with Crippen molar-refractivity contribution in [2.45, 2.75) is 45.9 Å². The first kappa shape index (κ1) is 18.9. The van der Waals surface area contributed by atoms with E-state index in [1.807, 2.05) is 6.92 Å². The van der Waals surface area contributed by atoms with E-state index < -0.39 is 18.4 Å². The monoisotopic (exact) mass is 327 g/mol. The highest BCUT2D eigenvalue weighted by atomic mass is 19.4. The molecule has 0 radical (unpaired) electrons. The number of alkyl halides is 3. The van der Waals surface area contributed by atoms with Crippen LogP contribution >= 0.6 is 0 Å². The third-order valence-electron chi connectivity index (χ3n) is 3.17. The molecule has 1 aromatic rings. The van der Waals surface area contributed by atoms with Crippen LogP contribution in [0.15, 0.2) is 18.2 Å². The van der Waals surface area contributed by atoms with Crippen molar-refractivity contribution < 1.29 is 22.7 Å². The zero-order valence-electron chi connectivity index (χ0n) is 13.3. The van der Waals surface area contributed by atoms with Crippen molar-refractivity contribution in [1.82, 2.24) is 0 Å². The molecule has 23 heavy (non-hydrogen) atoms. The van der Waals surface area contributed by atoms with E-state index in [2.05, 4.69) is 22.3 Å². The van der Waals surface area contributed by atoms with Gasteiger partial charge in [0, 0.05) is 11.5 Å². The van der Waals surface area contributed by atoms with Gasteiger partial charge in [0.1, 0.15) is 0 Å². The maximum Gasteiger partial charge on any atom is 0.429 e. The van der Waals surface area contributed by atoms with Gasteiger partial charge in [-0.1, -0.05) is 23.8 Å². The first-order chi connectivity index (χ1) is 10.6. The Balaban J connectivity index is 0.000000366. The van der Waals surface area contributed by atoms with Gasteiger partial charge in [-0.2, -0.15) is 13.2 Å². The molecule has 1 saturated carbocycles. The van der Waals surface area contributed by atoms with E-state index in [0.29, 0.717) is 11.1 Å². The number of benzene rings is 1. The highest BCUT2D eigenvalue weighted by Gasteiger charge is 2.44. The summed E-state index contributed by atoms with van der Waals surface area (Å²) in [4.78, 5) is 10.5. The second kappa shape index (κ2) is 7.91. The molecular formula is C17H20F3NO2. The number of hydrogen-bond donors (Lipinski definition) is 1. The summed E-state index contributed by atoms with van der Waals surface area (Å²) in [6, 6.07) is 4.54. The normalized spacial score (nSPS) is 14.7. The molecule has 1 atom stereocenters. The Morgan fingerprint density at radius 2 is 1.96 bits per heavy atom. The largest absolute Gasteiger partial charge is 0.432 e. The SMILES string of the molecule is CC#CC1CC1.Cc1ccc(C)c([C@H](OC(N)=O)C(F)(F)F)c1. The van der Waals surface area contributed by atoms with Crippen molar-refractivity contribution in [3.63, 3.8) is 0 Å². The van der Waals surface area contributed by atoms with Crippen LogP contribution in [0.3, 0.4) is 0 Å². The van der Waals surface area contributed by atoms with Crippen molar-refractivity contribution in [3.8, 4) is 11.8 Å². The molecule has 1 aliphatic carbocycles. The fourth-order valence-electron chi connectivity index (χ4n) is 1.90. The van der Waals surface area contributed by atoms with Gasteiger partial charge >= 0.3 is 12.3 Å². The van der Waals surface area contributed by atoms with Gasteiger partial charge in [0.25, 0.3) is 0 Å². The van der Waals surface area contributed by atoms with E-state index in [-0.39, 0.29) is 5.56 Å². The molecule has 0 heterocycles. The number of carbonyl (C=O) groups is 1. The third kappa shape index (κ3) is 6.64. The maximum absolute atomic E-state index is 12.7. The molecule has 0 aromatic heterocycles. The van der Waals surface area contributed by atoms with Gasteiger partial charge in [-0.3, -0.25) is 0 Å². The fourth-order valence-corrected chi connectivity index (χ4v) is 1.90. The predicted octanol–water partition coefficient (Wildman–Crippen LogP) is 4.42. The van der Waals surface area contributed by atoms with Crippen LogP contribution in [0.4, 0.5) is 18.0 Å². The molecule has 0 unspecified atom stereocenters. The number of primary amides is 1. The average Bonchev–Trinajstić information content (AvgIpc) is 3.23. The molecule has 1 fully saturated rings. The van der Waals surface area contributed by atoms with E-state index in [9.17, 15) is 18.0 Å². The van der Waals surface area contributed by atoms with E-state index in [1.165, 1.54) is 31.9 Å². The van der Waals surface area contributed by atoms with Crippen molar-refractivity contribution >= 4 is 6.09 Å². The van der Waals surface area contributed by atoms with Crippen LogP contribution in [0.5, 0.6) is 0 Å². The Hall–Kier alpha value is -2.16. The van der Waals surface area contributed by atoms with E-state index in [1.54, 1.807) is 13.0 Å². The van der Waals surface area contributed by atoms with Gasteiger partial charge < -0.3 is 10.5 Å². The number of amides is 1. The van der Waals surface area contributed by atoms with Gasteiger partial charge in [-0.05, 0) is 39.2 Å². The Bertz CT molecular complexity index is 610. The van der Waals surface area contributed by atoms with Gasteiger partial charge in [-0.25, -0.2) is 4.79 Å². The molecule has 1 aliphatic rings. The minimum absolute atomic E-state index is 0.101. The lowest BCUT2D eigenvalue weighted by atomic mass is 10.0. The summed E-state index contributed by atoms with van der Waals surface area (Å²) in [7, 11) is 0. The molecule has 0 bridgehead atoms. The summed E-state index contributed by atoms with van der Waals surface area (Å²) in [6.45, 7) is 5.07. The number of nitrogens with two attached hydrogens (primary N) is 1. The Labute approximate surface area is 134 Å². The number of halogens is 3. The fraction of sp³-hybridized carbons (Fsp3) is 0.471. The number of carbonyl (C=O) groups excluding carboxylic acids is 1. The molecule has 0 saturated heterocycles. The smallest absolute Gasteiger partial charge is 0.429 e. The Kier molecular flexibility index (Phi) is 6.49. The summed E-state index contributed by atoms with van der Waals surface area (Å²) in [6.07, 6.45) is -5.76. The molecule has 3 nitrogen and oxygen atoms in total. The van der Waals surface area contributed by atoms with Crippen LogP contribution < -0.4 is 5.73 Å². The lowest BCUT2D eigenvalue weighted by Gasteiger charge is -2.21. The highest BCUT2D eigenvalue weighted by Crippen LogP contribution is 2.37. The molecule has 0 spiro atoms. The summed E-state index contributed by atoms with van der Waals surface area (Å²) in [5.41, 5.74) is 5.59. The first-order valence-corrected chi connectivity index (χ1v) is 7.17. The molecule has 6 heteroatoms. The summed E-state index contributed by atoms with van der Waals surface area (Å²) in [5, 5.41) is 0. The van der Waals surface area contributed by atoms with Crippen LogP contribution in [0, 0.1) is 31.6 Å². The highest BCUT2D eigenvalue weighted by molar-refractivity contribution is 5.65. The number of aryl methyl sites for hydroxylation is 2. The molecule has 2 N–H and O–H groups in total. The van der Waals surface area contributed by atoms with E-state index in [4.69, 9.17) is 0 Å². The van der Waals surface area contributed by atoms with E-state index in [0.717, 1.165) is 5.92 Å². The average molecular weight is 327 g/mol. The lowest BCUT2D eigenvalue weighted by molar-refractivity contribution is -0.205. The number of ether oxygens (including phenoxy) is 1. The van der Waals surface area contributed by atoms with Crippen molar-refractivity contribution in [1.29, 1.82) is 0 Å². The Morgan fingerprint density at radius 1 is 1.35 bits per heavy atom. The van der Waals surface area contributed by atoms with Gasteiger partial charge in [-0.15, -0.1) is 11.8 Å². The van der Waals surface area contributed by atoms with Crippen molar-refractivity contribution in [2.75, 3.05) is 0 Å². The molecule has 1 aromatic carbocycles. The van der Waals surface area contributed by atoms with E-state index >= 15 is 0 Å². The zero-order valence-corrected chi connectivity index (χ0v) is 13.3. The number of rotatable bonds is 2. The molecular weight excluding hydrogens is 307 g/mol. The van der Waals surface area contributed by atoms with Gasteiger partial charge in [0.2, 0.25) is 6.10 Å². The summed E-state index contributed by atoms with van der Waals surface area (Å²) >= 11 is 0. The summed E-state index contributed by atoms with van der Waals surface area (Å²) in [5.74, 6) is 6.74. The Morgan fingerprint density at radius 3 is 2.35 bits per heavy atom. The first-order valence-electron chi connectivity index (χ1n) is 7.17. The minimum atomic E-state index is -4.69. The van der Waals surface area contributed by atoms with Crippen LogP contribution in [-0.2, 0) is 4.74 Å². The number of hydrogen-bond acceptors (Lipinski definition) is 2.